The molecular weight excluding hydrogens is 720 g/mol. The van der Waals surface area contributed by atoms with E-state index in [4.69, 9.17) is 9.15 Å². The summed E-state index contributed by atoms with van der Waals surface area (Å²) < 4.78 is 76.6. The maximum absolute atomic E-state index is 16.0. The molecule has 2 atom stereocenters. The van der Waals surface area contributed by atoms with E-state index in [2.05, 4.69) is 20.4 Å². The van der Waals surface area contributed by atoms with Gasteiger partial charge in [-0.3, -0.25) is 9.59 Å². The zero-order chi connectivity index (χ0) is 38.3. The predicted molar refractivity (Wildman–Crippen MR) is 199 cm³/mol. The molecule has 2 unspecified atom stereocenters. The van der Waals surface area contributed by atoms with Crippen LogP contribution < -0.4 is 30.7 Å². The highest BCUT2D eigenvalue weighted by atomic mass is 19.1. The number of ether oxygens (including phenoxy) is 1. The highest BCUT2D eigenvalue weighted by Crippen LogP contribution is 2.43. The number of aromatic nitrogens is 4. The van der Waals surface area contributed by atoms with Crippen LogP contribution in [0.25, 0.3) is 50.4 Å². The molecule has 0 radical (unpaired) electrons. The molecule has 2 fully saturated rings. The molecule has 0 amide bonds. The molecule has 1 N–H and O–H groups in total. The van der Waals surface area contributed by atoms with Gasteiger partial charge in [-0.2, -0.15) is 0 Å². The smallest absolute Gasteiger partial charge is 0.253 e. The number of pyridine rings is 2. The normalized spacial score (nSPS) is 19.0. The first kappa shape index (κ1) is 35.0. The summed E-state index contributed by atoms with van der Waals surface area (Å²) in [6.07, 6.45) is 2.84. The lowest BCUT2D eigenvalue weighted by Gasteiger charge is -2.37. The number of benzene rings is 3. The molecule has 12 nitrogen and oxygen atoms in total. The number of hydrogen-bond donors (Lipinski definition) is 1. The molecule has 16 heteroatoms. The summed E-state index contributed by atoms with van der Waals surface area (Å²) in [7, 11) is 2.00. The summed E-state index contributed by atoms with van der Waals surface area (Å²) in [5.41, 5.74) is -0.513. The zero-order valence-electron chi connectivity index (χ0n) is 30.2. The average molecular weight is 757 g/mol. The van der Waals surface area contributed by atoms with Crippen LogP contribution in [0.1, 0.15) is 19.9 Å². The van der Waals surface area contributed by atoms with Crippen molar-refractivity contribution in [2.24, 2.45) is 0 Å². The van der Waals surface area contributed by atoms with Crippen LogP contribution in [0, 0.1) is 23.3 Å². The van der Waals surface area contributed by atoms with Gasteiger partial charge in [0.05, 0.1) is 33.8 Å². The van der Waals surface area contributed by atoms with Gasteiger partial charge in [-0.25, -0.2) is 17.6 Å². The van der Waals surface area contributed by atoms with Gasteiger partial charge in [0.2, 0.25) is 10.9 Å². The summed E-state index contributed by atoms with van der Waals surface area (Å²) in [5.74, 6) is -3.28. The van der Waals surface area contributed by atoms with Crippen LogP contribution in [-0.4, -0.2) is 89.7 Å². The monoisotopic (exact) mass is 756 g/mol. The van der Waals surface area contributed by atoms with E-state index in [9.17, 15) is 14.0 Å². The Morgan fingerprint density at radius 3 is 2.20 bits per heavy atom. The fourth-order valence-electron chi connectivity index (χ4n) is 7.89. The molecule has 2 saturated heterocycles. The van der Waals surface area contributed by atoms with Gasteiger partial charge in [-0.1, -0.05) is 0 Å². The number of piperazine rings is 2. The molecule has 3 aliphatic heterocycles. The summed E-state index contributed by atoms with van der Waals surface area (Å²) >= 11 is 0. The number of anilines is 2. The largest absolute Gasteiger partial charge is 0.487 e. The summed E-state index contributed by atoms with van der Waals surface area (Å²) in [6, 6.07) is 6.57. The molecule has 0 spiro atoms. The van der Waals surface area contributed by atoms with Gasteiger partial charge in [0.15, 0.2) is 11.6 Å². The van der Waals surface area contributed by atoms with Crippen LogP contribution in [-0.2, 0) is 0 Å². The van der Waals surface area contributed by atoms with E-state index in [1.165, 1.54) is 29.0 Å². The van der Waals surface area contributed by atoms with Crippen molar-refractivity contribution < 1.29 is 26.7 Å². The molecule has 284 valence electrons. The maximum Gasteiger partial charge on any atom is 0.253 e. The van der Waals surface area contributed by atoms with Gasteiger partial charge >= 0.3 is 0 Å². The third-order valence-corrected chi connectivity index (χ3v) is 10.8. The van der Waals surface area contributed by atoms with Gasteiger partial charge < -0.3 is 38.3 Å². The first-order valence-corrected chi connectivity index (χ1v) is 18.1. The second-order valence-electron chi connectivity index (χ2n) is 14.5. The van der Waals surface area contributed by atoms with Crippen LogP contribution in [0.4, 0.5) is 28.9 Å². The number of hydrogen-bond acceptors (Lipinski definition) is 10. The van der Waals surface area contributed by atoms with Gasteiger partial charge in [0.1, 0.15) is 40.9 Å². The predicted octanol–water partition coefficient (Wildman–Crippen LogP) is 5.08. The highest BCUT2D eigenvalue weighted by Gasteiger charge is 2.32. The van der Waals surface area contributed by atoms with E-state index < -0.39 is 34.1 Å². The Hall–Kier alpha value is -5.74. The Morgan fingerprint density at radius 2 is 1.47 bits per heavy atom. The Bertz CT molecular complexity index is 2650. The lowest BCUT2D eigenvalue weighted by atomic mass is 10.1. The van der Waals surface area contributed by atoms with E-state index in [1.54, 1.807) is 6.20 Å². The van der Waals surface area contributed by atoms with E-state index in [0.717, 1.165) is 25.2 Å². The number of nitrogens with zero attached hydrogens (tertiary/aromatic N) is 7. The third kappa shape index (κ3) is 5.82. The lowest BCUT2D eigenvalue weighted by Crippen LogP contribution is -2.49. The Balaban J connectivity index is 1.19. The Kier molecular flexibility index (Phi) is 8.42. The van der Waals surface area contributed by atoms with Crippen LogP contribution in [0.2, 0.25) is 0 Å². The minimum absolute atomic E-state index is 0.0377. The lowest BCUT2D eigenvalue weighted by molar-refractivity contribution is 0.245. The Labute approximate surface area is 311 Å². The first-order chi connectivity index (χ1) is 26.5. The fourth-order valence-corrected chi connectivity index (χ4v) is 7.89. The third-order valence-electron chi connectivity index (χ3n) is 10.8. The average Bonchev–Trinajstić information content (AvgIpc) is 3.65. The topological polar surface area (TPSA) is 114 Å². The van der Waals surface area contributed by atoms with Crippen molar-refractivity contribution in [3.63, 3.8) is 0 Å². The summed E-state index contributed by atoms with van der Waals surface area (Å²) in [5, 5.41) is 11.5. The minimum atomic E-state index is -0.928. The molecule has 0 aliphatic carbocycles. The first-order valence-electron chi connectivity index (χ1n) is 18.1. The molecular formula is C39H36F4N8O4. The van der Waals surface area contributed by atoms with Gasteiger partial charge in [0, 0.05) is 75.7 Å². The molecule has 0 saturated carbocycles. The zero-order valence-corrected chi connectivity index (χ0v) is 30.2. The fraction of sp³-hybridized carbons (Fsp3) is 0.333. The number of nitrogens with one attached hydrogen (secondary N) is 1. The van der Waals surface area contributed by atoms with Crippen molar-refractivity contribution in [3.05, 3.63) is 92.5 Å². The second kappa shape index (κ2) is 13.2. The molecule has 3 aromatic heterocycles. The number of rotatable bonds is 5. The van der Waals surface area contributed by atoms with Crippen LogP contribution in [0.5, 0.6) is 5.75 Å². The van der Waals surface area contributed by atoms with E-state index >= 15 is 13.2 Å². The summed E-state index contributed by atoms with van der Waals surface area (Å²) in [6.45, 7) is 8.35. The van der Waals surface area contributed by atoms with Gasteiger partial charge in [-0.15, -0.1) is 10.2 Å². The molecule has 55 heavy (non-hydrogen) atoms. The van der Waals surface area contributed by atoms with Gasteiger partial charge in [0.25, 0.3) is 11.8 Å². The van der Waals surface area contributed by atoms with Crippen molar-refractivity contribution in [1.29, 1.82) is 0 Å². The van der Waals surface area contributed by atoms with E-state index in [0.29, 0.717) is 55.7 Å². The maximum atomic E-state index is 16.0. The molecule has 3 aromatic carbocycles. The summed E-state index contributed by atoms with van der Waals surface area (Å²) in [4.78, 5) is 34.2. The molecule has 3 aliphatic rings. The molecule has 6 heterocycles. The van der Waals surface area contributed by atoms with Crippen molar-refractivity contribution in [1.82, 2.24) is 29.5 Å². The Morgan fingerprint density at radius 1 is 0.782 bits per heavy atom. The van der Waals surface area contributed by atoms with Crippen molar-refractivity contribution >= 4 is 33.2 Å². The molecule has 9 rings (SSSR count). The number of halogens is 4. The quantitative estimate of drug-likeness (QED) is 0.239. The number of fused-ring (bicyclic) bond motifs is 1. The van der Waals surface area contributed by atoms with Crippen LogP contribution >= 0.6 is 0 Å². The van der Waals surface area contributed by atoms with Crippen molar-refractivity contribution in [2.75, 3.05) is 69.3 Å². The molecule has 6 aromatic rings. The molecule has 0 bridgehead atoms. The standard InChI is InChI=1S/C39H36F4N8O4/c1-20-16-49(7-6-44-20)32-15-31-23(13-28(32)42)35(52)26(18-51(31)30-5-4-22(40)12-27(30)41)39-46-45-38(55-39)25-17-50-21(2)19-54-37-33(50)24(36(25)53)14-29(43)34(37)48-10-8-47(3)9-11-48/h4-5,12-15,17-18,20-21,44H,6-11,16,19H2,1-3H3. The minimum Gasteiger partial charge on any atom is -0.487 e. The SMILES string of the molecule is CC1CN(c2cc3c(cc2F)c(=O)c(-c2nnc(-c4cn5c6c(c(N7CCN(C)CC7)c(F)cc6c4=O)OCC5C)o2)cn3-c2ccc(F)cc2F)CCN1. The highest BCUT2D eigenvalue weighted by molar-refractivity contribution is 5.94. The van der Waals surface area contributed by atoms with E-state index in [1.807, 2.05) is 35.3 Å². The van der Waals surface area contributed by atoms with E-state index in [-0.39, 0.29) is 69.3 Å². The van der Waals surface area contributed by atoms with Crippen LogP contribution in [0.15, 0.2) is 62.8 Å². The van der Waals surface area contributed by atoms with Gasteiger partial charge in [-0.05, 0) is 51.2 Å². The number of likely N-dealkylation sites (N-methyl/N-ethyl adjacent to an activating group) is 1. The second-order valence-corrected chi connectivity index (χ2v) is 14.5. The van der Waals surface area contributed by atoms with Crippen LogP contribution in [0.3, 0.4) is 0 Å². The van der Waals surface area contributed by atoms with Crippen molar-refractivity contribution in [3.8, 4) is 34.3 Å². The van der Waals surface area contributed by atoms with Crippen molar-refractivity contribution in [2.45, 2.75) is 25.9 Å².